The number of aromatic nitrogens is 4. The highest BCUT2D eigenvalue weighted by atomic mass is 15.1. The molecule has 1 atom stereocenters. The number of hydrogen-bond acceptors (Lipinski definition) is 6. The lowest BCUT2D eigenvalue weighted by atomic mass is 9.96. The second-order valence-electron chi connectivity index (χ2n) is 4.55. The van der Waals surface area contributed by atoms with Crippen molar-refractivity contribution < 1.29 is 0 Å². The van der Waals surface area contributed by atoms with E-state index in [2.05, 4.69) is 30.6 Å². The SMILES string of the molecule is c1cnc(Nc2nccnc2C2CCCNC2)cn1. The third-order valence-corrected chi connectivity index (χ3v) is 3.22. The molecule has 1 saturated heterocycles. The second-order valence-corrected chi connectivity index (χ2v) is 4.55. The van der Waals surface area contributed by atoms with Crippen LogP contribution in [0.3, 0.4) is 0 Å². The molecule has 2 N–H and O–H groups in total. The summed E-state index contributed by atoms with van der Waals surface area (Å²) in [4.78, 5) is 17.1. The van der Waals surface area contributed by atoms with Gasteiger partial charge in [-0.05, 0) is 19.4 Å². The highest BCUT2D eigenvalue weighted by Gasteiger charge is 2.20. The molecule has 2 aromatic heterocycles. The summed E-state index contributed by atoms with van der Waals surface area (Å²) in [5.74, 6) is 1.87. The summed E-state index contributed by atoms with van der Waals surface area (Å²) in [6.45, 7) is 2.04. The molecule has 0 aliphatic carbocycles. The van der Waals surface area contributed by atoms with Crippen LogP contribution in [0.15, 0.2) is 31.0 Å². The van der Waals surface area contributed by atoms with Gasteiger partial charge in [0.05, 0.1) is 11.9 Å². The first-order chi connectivity index (χ1) is 9.43. The fourth-order valence-corrected chi connectivity index (χ4v) is 2.31. The molecule has 1 unspecified atom stereocenters. The van der Waals surface area contributed by atoms with Crippen LogP contribution >= 0.6 is 0 Å². The van der Waals surface area contributed by atoms with E-state index in [1.165, 1.54) is 6.42 Å². The summed E-state index contributed by atoms with van der Waals surface area (Å²) in [5.41, 5.74) is 1.00. The van der Waals surface area contributed by atoms with E-state index in [4.69, 9.17) is 0 Å². The summed E-state index contributed by atoms with van der Waals surface area (Å²) >= 11 is 0. The molecule has 3 rings (SSSR count). The molecule has 1 aliphatic rings. The van der Waals surface area contributed by atoms with Gasteiger partial charge in [-0.1, -0.05) is 0 Å². The molecule has 19 heavy (non-hydrogen) atoms. The van der Waals surface area contributed by atoms with E-state index < -0.39 is 0 Å². The standard InChI is InChI=1S/C13H16N6/c1-2-10(8-14-3-1)12-13(18-7-6-17-12)19-11-9-15-4-5-16-11/h4-7,9-10,14H,1-3,8H2,(H,16,18,19). The van der Waals surface area contributed by atoms with Gasteiger partial charge in [-0.2, -0.15) is 0 Å². The van der Waals surface area contributed by atoms with Crippen LogP contribution in [0, 0.1) is 0 Å². The molecule has 0 aromatic carbocycles. The first-order valence-corrected chi connectivity index (χ1v) is 6.48. The van der Waals surface area contributed by atoms with Crippen molar-refractivity contribution in [3.8, 4) is 0 Å². The number of hydrogen-bond donors (Lipinski definition) is 2. The van der Waals surface area contributed by atoms with Gasteiger partial charge in [-0.15, -0.1) is 0 Å². The Morgan fingerprint density at radius 1 is 1.11 bits per heavy atom. The summed E-state index contributed by atoms with van der Waals surface area (Å²) in [6, 6.07) is 0. The van der Waals surface area contributed by atoms with Gasteiger partial charge in [0.25, 0.3) is 0 Å². The zero-order valence-electron chi connectivity index (χ0n) is 10.6. The van der Waals surface area contributed by atoms with Gasteiger partial charge in [-0.3, -0.25) is 9.97 Å². The number of rotatable bonds is 3. The Hall–Kier alpha value is -2.08. The molecule has 2 aromatic rings. The molecular formula is C13H16N6. The van der Waals surface area contributed by atoms with Crippen LogP contribution in [-0.2, 0) is 0 Å². The van der Waals surface area contributed by atoms with Crippen molar-refractivity contribution in [2.45, 2.75) is 18.8 Å². The van der Waals surface area contributed by atoms with Crippen LogP contribution < -0.4 is 10.6 Å². The quantitative estimate of drug-likeness (QED) is 0.866. The van der Waals surface area contributed by atoms with E-state index in [1.807, 2.05) is 0 Å². The Morgan fingerprint density at radius 3 is 2.79 bits per heavy atom. The molecule has 0 radical (unpaired) electrons. The van der Waals surface area contributed by atoms with Crippen molar-refractivity contribution in [2.75, 3.05) is 18.4 Å². The fourth-order valence-electron chi connectivity index (χ4n) is 2.31. The van der Waals surface area contributed by atoms with Gasteiger partial charge in [0, 0.05) is 37.3 Å². The van der Waals surface area contributed by atoms with E-state index in [-0.39, 0.29) is 0 Å². The highest BCUT2D eigenvalue weighted by Crippen LogP contribution is 2.27. The molecular weight excluding hydrogens is 240 g/mol. The molecule has 1 fully saturated rings. The van der Waals surface area contributed by atoms with Gasteiger partial charge in [0.2, 0.25) is 0 Å². The Balaban J connectivity index is 1.84. The smallest absolute Gasteiger partial charge is 0.153 e. The molecule has 0 saturated carbocycles. The highest BCUT2D eigenvalue weighted by molar-refractivity contribution is 5.53. The average Bonchev–Trinajstić information content (AvgIpc) is 2.50. The first-order valence-electron chi connectivity index (χ1n) is 6.48. The predicted octanol–water partition coefficient (Wildman–Crippen LogP) is 1.48. The summed E-state index contributed by atoms with van der Waals surface area (Å²) in [6.07, 6.45) is 10.7. The minimum Gasteiger partial charge on any atom is -0.322 e. The molecule has 6 heteroatoms. The summed E-state index contributed by atoms with van der Waals surface area (Å²) in [5, 5.41) is 6.60. The topological polar surface area (TPSA) is 75.6 Å². The van der Waals surface area contributed by atoms with Crippen molar-refractivity contribution in [3.63, 3.8) is 0 Å². The van der Waals surface area contributed by atoms with E-state index >= 15 is 0 Å². The second kappa shape index (κ2) is 5.71. The Morgan fingerprint density at radius 2 is 2.00 bits per heavy atom. The molecule has 0 bridgehead atoms. The molecule has 98 valence electrons. The third-order valence-electron chi connectivity index (χ3n) is 3.22. The van der Waals surface area contributed by atoms with Crippen molar-refractivity contribution >= 4 is 11.6 Å². The largest absolute Gasteiger partial charge is 0.322 e. The number of nitrogens with zero attached hydrogens (tertiary/aromatic N) is 4. The lowest BCUT2D eigenvalue weighted by Gasteiger charge is -2.23. The third kappa shape index (κ3) is 2.85. The first kappa shape index (κ1) is 12.0. The maximum Gasteiger partial charge on any atom is 0.153 e. The Bertz CT molecular complexity index is 524. The van der Waals surface area contributed by atoms with E-state index in [9.17, 15) is 0 Å². The molecule has 0 amide bonds. The maximum atomic E-state index is 4.49. The van der Waals surface area contributed by atoms with E-state index in [0.717, 1.165) is 31.0 Å². The van der Waals surface area contributed by atoms with Gasteiger partial charge in [0.15, 0.2) is 5.82 Å². The van der Waals surface area contributed by atoms with E-state index in [0.29, 0.717) is 11.7 Å². The lowest BCUT2D eigenvalue weighted by molar-refractivity contribution is 0.455. The summed E-state index contributed by atoms with van der Waals surface area (Å²) < 4.78 is 0. The van der Waals surface area contributed by atoms with Crippen LogP contribution in [0.25, 0.3) is 0 Å². The normalized spacial score (nSPS) is 19.1. The average molecular weight is 256 g/mol. The van der Waals surface area contributed by atoms with Gasteiger partial charge < -0.3 is 10.6 Å². The maximum absolute atomic E-state index is 4.49. The van der Waals surface area contributed by atoms with Crippen LogP contribution in [0.4, 0.5) is 11.6 Å². The van der Waals surface area contributed by atoms with Crippen molar-refractivity contribution in [1.29, 1.82) is 0 Å². The van der Waals surface area contributed by atoms with Gasteiger partial charge in [0.1, 0.15) is 5.82 Å². The fraction of sp³-hybridized carbons (Fsp3) is 0.385. The Kier molecular flexibility index (Phi) is 3.60. The monoisotopic (exact) mass is 256 g/mol. The zero-order chi connectivity index (χ0) is 12.9. The van der Waals surface area contributed by atoms with Gasteiger partial charge >= 0.3 is 0 Å². The van der Waals surface area contributed by atoms with Crippen molar-refractivity contribution in [1.82, 2.24) is 25.3 Å². The van der Waals surface area contributed by atoms with Crippen LogP contribution in [0.5, 0.6) is 0 Å². The summed E-state index contributed by atoms with van der Waals surface area (Å²) in [7, 11) is 0. The molecule has 6 nitrogen and oxygen atoms in total. The number of anilines is 2. The van der Waals surface area contributed by atoms with Crippen LogP contribution in [0.1, 0.15) is 24.5 Å². The molecule has 1 aliphatic heterocycles. The van der Waals surface area contributed by atoms with Crippen LogP contribution in [-0.4, -0.2) is 33.0 Å². The van der Waals surface area contributed by atoms with Crippen molar-refractivity contribution in [3.05, 3.63) is 36.7 Å². The lowest BCUT2D eigenvalue weighted by Crippen LogP contribution is -2.29. The van der Waals surface area contributed by atoms with E-state index in [1.54, 1.807) is 31.0 Å². The molecule has 3 heterocycles. The number of piperidine rings is 1. The minimum atomic E-state index is 0.404. The molecule has 0 spiro atoms. The zero-order valence-corrected chi connectivity index (χ0v) is 10.6. The van der Waals surface area contributed by atoms with Crippen molar-refractivity contribution in [2.24, 2.45) is 0 Å². The van der Waals surface area contributed by atoms with Crippen LogP contribution in [0.2, 0.25) is 0 Å². The Labute approximate surface area is 111 Å². The number of nitrogens with one attached hydrogen (secondary N) is 2. The van der Waals surface area contributed by atoms with Gasteiger partial charge in [-0.25, -0.2) is 9.97 Å². The minimum absolute atomic E-state index is 0.404. The predicted molar refractivity (Wildman–Crippen MR) is 72.2 cm³/mol.